The monoisotopic (exact) mass is 344 g/mol. The van der Waals surface area contributed by atoms with Gasteiger partial charge in [0, 0.05) is 5.33 Å². The van der Waals surface area contributed by atoms with Gasteiger partial charge in [-0.25, -0.2) is 0 Å². The molecule has 0 saturated carbocycles. The average molecular weight is 345 g/mol. The van der Waals surface area contributed by atoms with Crippen molar-refractivity contribution in [1.29, 1.82) is 0 Å². The van der Waals surface area contributed by atoms with Crippen LogP contribution >= 0.6 is 15.9 Å². The summed E-state index contributed by atoms with van der Waals surface area (Å²) in [4.78, 5) is 12.8. The molecule has 0 amide bonds. The molecule has 0 radical (unpaired) electrons. The van der Waals surface area contributed by atoms with Crippen molar-refractivity contribution in [2.75, 3.05) is 5.33 Å². The Balaban J connectivity index is 2.11. The van der Waals surface area contributed by atoms with Gasteiger partial charge in [-0.05, 0) is 24.0 Å². The predicted molar refractivity (Wildman–Crippen MR) is 86.6 cm³/mol. The first-order valence-corrected chi connectivity index (χ1v) is 8.27. The van der Waals surface area contributed by atoms with Gasteiger partial charge in [-0.3, -0.25) is 4.79 Å². The molecule has 0 unspecified atom stereocenters. The maximum Gasteiger partial charge on any atom is 0.321 e. The van der Waals surface area contributed by atoms with Crippen molar-refractivity contribution in [3.05, 3.63) is 71.8 Å². The van der Waals surface area contributed by atoms with Gasteiger partial charge in [-0.2, -0.15) is 0 Å². The average Bonchev–Trinajstić information content (AvgIpc) is 2.56. The van der Waals surface area contributed by atoms with Crippen molar-refractivity contribution in [2.45, 2.75) is 24.4 Å². The highest BCUT2D eigenvalue weighted by Gasteiger charge is 2.47. The SMILES string of the molecule is O=C1O[C@@H](CBr)CCC1(c1ccccc1)c1ccccc1. The van der Waals surface area contributed by atoms with E-state index in [4.69, 9.17) is 4.74 Å². The molecule has 0 spiro atoms. The van der Waals surface area contributed by atoms with E-state index in [1.165, 1.54) is 0 Å². The number of carbonyl (C=O) groups excluding carboxylic acids is 1. The summed E-state index contributed by atoms with van der Waals surface area (Å²) in [6.45, 7) is 0. The molecule has 1 aliphatic heterocycles. The number of cyclic esters (lactones) is 1. The van der Waals surface area contributed by atoms with E-state index in [9.17, 15) is 4.79 Å². The lowest BCUT2D eigenvalue weighted by atomic mass is 9.69. The van der Waals surface area contributed by atoms with Gasteiger partial charge in [0.1, 0.15) is 11.5 Å². The van der Waals surface area contributed by atoms with Gasteiger partial charge in [-0.1, -0.05) is 76.6 Å². The van der Waals surface area contributed by atoms with E-state index in [0.29, 0.717) is 5.33 Å². The molecule has 0 aliphatic carbocycles. The summed E-state index contributed by atoms with van der Waals surface area (Å²) in [5, 5.41) is 0.693. The Morgan fingerprint density at radius 1 is 1.00 bits per heavy atom. The van der Waals surface area contributed by atoms with Crippen LogP contribution in [0.4, 0.5) is 0 Å². The van der Waals surface area contributed by atoms with Gasteiger partial charge < -0.3 is 4.74 Å². The van der Waals surface area contributed by atoms with E-state index in [-0.39, 0.29) is 12.1 Å². The smallest absolute Gasteiger partial charge is 0.321 e. The molecule has 1 atom stereocenters. The molecule has 108 valence electrons. The highest BCUT2D eigenvalue weighted by Crippen LogP contribution is 2.42. The van der Waals surface area contributed by atoms with Crippen LogP contribution in [0.2, 0.25) is 0 Å². The molecule has 0 bridgehead atoms. The van der Waals surface area contributed by atoms with E-state index in [1.54, 1.807) is 0 Å². The first-order valence-electron chi connectivity index (χ1n) is 7.15. The number of halogens is 1. The zero-order chi connectivity index (χ0) is 14.7. The first-order chi connectivity index (χ1) is 10.3. The fraction of sp³-hybridized carbons (Fsp3) is 0.278. The number of carbonyl (C=O) groups is 1. The van der Waals surface area contributed by atoms with Gasteiger partial charge in [0.25, 0.3) is 0 Å². The number of ether oxygens (including phenoxy) is 1. The summed E-state index contributed by atoms with van der Waals surface area (Å²) in [6.07, 6.45) is 1.61. The molecule has 0 N–H and O–H groups in total. The van der Waals surface area contributed by atoms with Crippen molar-refractivity contribution in [3.8, 4) is 0 Å². The van der Waals surface area contributed by atoms with Crippen molar-refractivity contribution in [2.24, 2.45) is 0 Å². The Kier molecular flexibility index (Phi) is 4.11. The summed E-state index contributed by atoms with van der Waals surface area (Å²) >= 11 is 3.41. The van der Waals surface area contributed by atoms with E-state index in [1.807, 2.05) is 60.7 Å². The molecular weight excluding hydrogens is 328 g/mol. The zero-order valence-corrected chi connectivity index (χ0v) is 13.3. The Bertz CT molecular complexity index is 570. The van der Waals surface area contributed by atoms with Crippen LogP contribution in [0.15, 0.2) is 60.7 Å². The topological polar surface area (TPSA) is 26.3 Å². The molecule has 1 heterocycles. The van der Waals surface area contributed by atoms with E-state index in [2.05, 4.69) is 15.9 Å². The minimum absolute atomic E-state index is 0.0296. The van der Waals surface area contributed by atoms with Crippen LogP contribution in [0.5, 0.6) is 0 Å². The van der Waals surface area contributed by atoms with Crippen molar-refractivity contribution in [1.82, 2.24) is 0 Å². The van der Waals surface area contributed by atoms with Gasteiger partial charge >= 0.3 is 5.97 Å². The quantitative estimate of drug-likeness (QED) is 0.619. The fourth-order valence-electron chi connectivity index (χ4n) is 3.04. The van der Waals surface area contributed by atoms with Gasteiger partial charge in [0.05, 0.1) is 0 Å². The Hall–Kier alpha value is -1.61. The molecule has 3 heteroatoms. The normalized spacial score (nSPS) is 20.8. The van der Waals surface area contributed by atoms with Crippen LogP contribution < -0.4 is 0 Å². The zero-order valence-electron chi connectivity index (χ0n) is 11.7. The molecule has 3 rings (SSSR count). The second kappa shape index (κ2) is 6.02. The number of benzene rings is 2. The maximum atomic E-state index is 12.8. The number of hydrogen-bond donors (Lipinski definition) is 0. The lowest BCUT2D eigenvalue weighted by molar-refractivity contribution is -0.159. The van der Waals surface area contributed by atoms with Crippen LogP contribution in [0.25, 0.3) is 0 Å². The lowest BCUT2D eigenvalue weighted by Crippen LogP contribution is -2.45. The van der Waals surface area contributed by atoms with Crippen LogP contribution in [0, 0.1) is 0 Å². The van der Waals surface area contributed by atoms with E-state index >= 15 is 0 Å². The van der Waals surface area contributed by atoms with Crippen molar-refractivity contribution >= 4 is 21.9 Å². The van der Waals surface area contributed by atoms with Crippen LogP contribution in [-0.2, 0) is 14.9 Å². The third kappa shape index (κ3) is 2.51. The Morgan fingerprint density at radius 3 is 1.95 bits per heavy atom. The van der Waals surface area contributed by atoms with Crippen LogP contribution in [-0.4, -0.2) is 17.4 Å². The summed E-state index contributed by atoms with van der Waals surface area (Å²) in [5.74, 6) is -0.143. The lowest BCUT2D eigenvalue weighted by Gasteiger charge is -2.38. The highest BCUT2D eigenvalue weighted by atomic mass is 79.9. The van der Waals surface area contributed by atoms with Crippen molar-refractivity contribution < 1.29 is 9.53 Å². The number of rotatable bonds is 3. The third-order valence-corrected chi connectivity index (χ3v) is 4.89. The maximum absolute atomic E-state index is 12.8. The Morgan fingerprint density at radius 2 is 1.52 bits per heavy atom. The van der Waals surface area contributed by atoms with Crippen molar-refractivity contribution in [3.63, 3.8) is 0 Å². The molecule has 1 aliphatic rings. The summed E-state index contributed by atoms with van der Waals surface area (Å²) < 4.78 is 5.67. The minimum atomic E-state index is -0.679. The molecule has 0 aromatic heterocycles. The van der Waals surface area contributed by atoms with Crippen LogP contribution in [0.1, 0.15) is 24.0 Å². The van der Waals surface area contributed by atoms with E-state index < -0.39 is 5.41 Å². The first kappa shape index (κ1) is 14.3. The predicted octanol–water partition coefficient (Wildman–Crippen LogP) is 4.07. The van der Waals surface area contributed by atoms with Gasteiger partial charge in [0.15, 0.2) is 0 Å². The summed E-state index contributed by atoms with van der Waals surface area (Å²) in [6, 6.07) is 19.9. The highest BCUT2D eigenvalue weighted by molar-refractivity contribution is 9.09. The van der Waals surface area contributed by atoms with Gasteiger partial charge in [0.2, 0.25) is 0 Å². The number of alkyl halides is 1. The number of hydrogen-bond acceptors (Lipinski definition) is 2. The molecule has 1 fully saturated rings. The molecular formula is C18H17BrO2. The minimum Gasteiger partial charge on any atom is -0.461 e. The largest absolute Gasteiger partial charge is 0.461 e. The van der Waals surface area contributed by atoms with Crippen LogP contribution in [0.3, 0.4) is 0 Å². The summed E-state index contributed by atoms with van der Waals surface area (Å²) in [7, 11) is 0. The molecule has 2 aromatic carbocycles. The molecule has 21 heavy (non-hydrogen) atoms. The number of esters is 1. The van der Waals surface area contributed by atoms with Gasteiger partial charge in [-0.15, -0.1) is 0 Å². The summed E-state index contributed by atoms with van der Waals surface area (Å²) in [5.41, 5.74) is 1.34. The molecule has 2 nitrogen and oxygen atoms in total. The standard InChI is InChI=1S/C18H17BrO2/c19-13-16-11-12-18(17(20)21-16,14-7-3-1-4-8-14)15-9-5-2-6-10-15/h1-10,16H,11-13H2/t16-/m1/s1. The second-order valence-corrected chi connectivity index (χ2v) is 6.01. The van der Waals surface area contributed by atoms with E-state index in [0.717, 1.165) is 24.0 Å². The third-order valence-electron chi connectivity index (χ3n) is 4.17. The Labute approximate surface area is 133 Å². The molecule has 1 saturated heterocycles. The second-order valence-electron chi connectivity index (χ2n) is 5.36. The molecule has 2 aromatic rings. The fourth-order valence-corrected chi connectivity index (χ4v) is 3.49.